The highest BCUT2D eigenvalue weighted by Gasteiger charge is 2.52. The Kier molecular flexibility index (Phi) is 4.20. The minimum absolute atomic E-state index is 0.309. The van der Waals surface area contributed by atoms with Gasteiger partial charge in [0, 0.05) is 5.56 Å². The number of rotatable bonds is 4. The van der Waals surface area contributed by atoms with Crippen molar-refractivity contribution in [3.8, 4) is 16.9 Å². The molecule has 3 aromatic rings. The van der Waals surface area contributed by atoms with Crippen LogP contribution in [0.25, 0.3) is 21.9 Å². The fraction of sp³-hybridized carbons (Fsp3) is 0.429. The van der Waals surface area contributed by atoms with Gasteiger partial charge in [0.2, 0.25) is 0 Å². The number of hydrogen-bond acceptors (Lipinski definition) is 1. The van der Waals surface area contributed by atoms with Crippen molar-refractivity contribution in [2.24, 2.45) is 17.8 Å². The maximum absolute atomic E-state index is 13.0. The monoisotopic (exact) mass is 400 g/mol. The Balaban J connectivity index is 1.43. The summed E-state index contributed by atoms with van der Waals surface area (Å²) in [5.41, 5.74) is 4.98. The molecule has 4 aliphatic carbocycles. The highest BCUT2D eigenvalue weighted by atomic mass is 19.1. The first-order chi connectivity index (χ1) is 14.7. The fourth-order valence-electron chi connectivity index (χ4n) is 7.30. The minimum Gasteiger partial charge on any atom is -0.496 e. The van der Waals surface area contributed by atoms with Crippen LogP contribution < -0.4 is 4.74 Å². The summed E-state index contributed by atoms with van der Waals surface area (Å²) in [6.45, 7) is -0.412. The molecule has 2 heteroatoms. The van der Waals surface area contributed by atoms with E-state index in [1.165, 1.54) is 55.2 Å². The van der Waals surface area contributed by atoms with Gasteiger partial charge in [0.05, 0.1) is 7.11 Å². The lowest BCUT2D eigenvalue weighted by atomic mass is 9.48. The van der Waals surface area contributed by atoms with E-state index in [0.717, 1.165) is 39.8 Å². The molecule has 4 bridgehead atoms. The lowest BCUT2D eigenvalue weighted by molar-refractivity contribution is -0.00613. The van der Waals surface area contributed by atoms with Crippen LogP contribution in [0.5, 0.6) is 5.75 Å². The summed E-state index contributed by atoms with van der Waals surface area (Å²) in [5, 5.41) is 2.26. The van der Waals surface area contributed by atoms with Gasteiger partial charge in [0.25, 0.3) is 0 Å². The Hall–Kier alpha value is -2.35. The van der Waals surface area contributed by atoms with Crippen LogP contribution in [-0.2, 0) is 12.1 Å². The van der Waals surface area contributed by atoms with Gasteiger partial charge in [-0.2, -0.15) is 0 Å². The topological polar surface area (TPSA) is 9.23 Å². The van der Waals surface area contributed by atoms with Gasteiger partial charge in [-0.05, 0) is 113 Å². The van der Waals surface area contributed by atoms with Crippen LogP contribution in [0.15, 0.2) is 54.6 Å². The molecule has 4 fully saturated rings. The molecule has 0 saturated heterocycles. The fourth-order valence-corrected chi connectivity index (χ4v) is 7.30. The number of hydrogen-bond donors (Lipinski definition) is 0. The Morgan fingerprint density at radius 3 is 2.07 bits per heavy atom. The average molecular weight is 401 g/mol. The molecule has 0 radical (unpaired) electrons. The summed E-state index contributed by atoms with van der Waals surface area (Å²) in [5.74, 6) is 3.80. The molecule has 154 valence electrons. The summed E-state index contributed by atoms with van der Waals surface area (Å²) in [7, 11) is 1.82. The first-order valence-corrected chi connectivity index (χ1v) is 11.4. The highest BCUT2D eigenvalue weighted by molar-refractivity contribution is 5.88. The molecular formula is C28H29FO. The van der Waals surface area contributed by atoms with Gasteiger partial charge in [0.1, 0.15) is 12.4 Å². The summed E-state index contributed by atoms with van der Waals surface area (Å²) >= 11 is 0. The van der Waals surface area contributed by atoms with Gasteiger partial charge in [-0.3, -0.25) is 0 Å². The van der Waals surface area contributed by atoms with Crippen molar-refractivity contribution in [2.75, 3.05) is 7.11 Å². The molecule has 7 rings (SSSR count). The van der Waals surface area contributed by atoms with Crippen LogP contribution in [0, 0.1) is 17.8 Å². The Bertz CT molecular complexity index is 1080. The normalized spacial score (nSPS) is 29.5. The van der Waals surface area contributed by atoms with Crippen molar-refractivity contribution in [1.29, 1.82) is 0 Å². The van der Waals surface area contributed by atoms with Gasteiger partial charge in [-0.25, -0.2) is 4.39 Å². The quantitative estimate of drug-likeness (QED) is 0.442. The maximum atomic E-state index is 13.0. The molecule has 0 spiro atoms. The molecule has 4 saturated carbocycles. The van der Waals surface area contributed by atoms with E-state index in [9.17, 15) is 4.39 Å². The smallest absolute Gasteiger partial charge is 0.122 e. The molecule has 0 atom stereocenters. The van der Waals surface area contributed by atoms with E-state index in [1.807, 2.05) is 25.3 Å². The summed E-state index contributed by atoms with van der Waals surface area (Å²) in [6, 6.07) is 19.2. The van der Waals surface area contributed by atoms with Gasteiger partial charge in [-0.1, -0.05) is 30.3 Å². The van der Waals surface area contributed by atoms with Crippen molar-refractivity contribution < 1.29 is 9.13 Å². The van der Waals surface area contributed by atoms with E-state index in [2.05, 4.69) is 36.4 Å². The van der Waals surface area contributed by atoms with Crippen molar-refractivity contribution >= 4 is 10.8 Å². The number of methoxy groups -OCH3 is 1. The lowest BCUT2D eigenvalue weighted by Crippen LogP contribution is -2.48. The zero-order chi connectivity index (χ0) is 20.3. The molecule has 3 aromatic carbocycles. The highest BCUT2D eigenvalue weighted by Crippen LogP contribution is 2.62. The van der Waals surface area contributed by atoms with Crippen molar-refractivity contribution in [3.05, 3.63) is 65.7 Å². The Morgan fingerprint density at radius 1 is 0.800 bits per heavy atom. The van der Waals surface area contributed by atoms with Gasteiger partial charge >= 0.3 is 0 Å². The van der Waals surface area contributed by atoms with Gasteiger partial charge in [-0.15, -0.1) is 0 Å². The van der Waals surface area contributed by atoms with E-state index in [-0.39, 0.29) is 0 Å². The number of fused-ring (bicyclic) bond motifs is 1. The van der Waals surface area contributed by atoms with Crippen molar-refractivity contribution in [3.63, 3.8) is 0 Å². The SMILES string of the molecule is COc1ccc(-c2ccc3cc(CF)ccc3c2)cc1C12CC3CC(CC(C3)C1)C2. The Labute approximate surface area is 178 Å². The predicted octanol–water partition coefficient (Wildman–Crippen LogP) is 7.45. The molecule has 4 aliphatic rings. The minimum atomic E-state index is -0.412. The molecule has 30 heavy (non-hydrogen) atoms. The third-order valence-electron chi connectivity index (χ3n) is 8.20. The second kappa shape index (κ2) is 6.83. The summed E-state index contributed by atoms with van der Waals surface area (Å²) in [6.07, 6.45) is 8.36. The molecule has 0 N–H and O–H groups in total. The second-order valence-corrected chi connectivity index (χ2v) is 10.1. The van der Waals surface area contributed by atoms with Crippen LogP contribution in [0.2, 0.25) is 0 Å². The van der Waals surface area contributed by atoms with E-state index < -0.39 is 6.67 Å². The first kappa shape index (κ1) is 18.4. The van der Waals surface area contributed by atoms with Crippen LogP contribution in [0.3, 0.4) is 0 Å². The van der Waals surface area contributed by atoms with E-state index in [4.69, 9.17) is 4.74 Å². The van der Waals surface area contributed by atoms with Crippen molar-refractivity contribution in [1.82, 2.24) is 0 Å². The second-order valence-electron chi connectivity index (χ2n) is 10.1. The molecule has 0 amide bonds. The maximum Gasteiger partial charge on any atom is 0.122 e. The average Bonchev–Trinajstić information content (AvgIpc) is 2.77. The van der Waals surface area contributed by atoms with E-state index in [0.29, 0.717) is 5.41 Å². The summed E-state index contributed by atoms with van der Waals surface area (Å²) < 4.78 is 18.9. The third kappa shape index (κ3) is 2.87. The largest absolute Gasteiger partial charge is 0.496 e. The molecular weight excluding hydrogens is 371 g/mol. The van der Waals surface area contributed by atoms with Crippen LogP contribution in [-0.4, -0.2) is 7.11 Å². The van der Waals surface area contributed by atoms with E-state index in [1.54, 1.807) is 0 Å². The Morgan fingerprint density at radius 2 is 1.40 bits per heavy atom. The van der Waals surface area contributed by atoms with Crippen molar-refractivity contribution in [2.45, 2.75) is 50.6 Å². The summed E-state index contributed by atoms with van der Waals surface area (Å²) in [4.78, 5) is 0. The molecule has 0 unspecified atom stereocenters. The van der Waals surface area contributed by atoms with Crippen LogP contribution in [0.4, 0.5) is 4.39 Å². The zero-order valence-corrected chi connectivity index (χ0v) is 17.7. The third-order valence-corrected chi connectivity index (χ3v) is 8.20. The standard InChI is InChI=1S/C28H29FO/c1-30-27-7-6-25(24-5-4-22-11-18(17-29)2-3-23(22)12-24)13-26(27)28-14-19-8-20(15-28)10-21(9-19)16-28/h2-7,11-13,19-21H,8-10,14-17H2,1H3. The molecule has 0 aliphatic heterocycles. The number of halogens is 1. The number of benzene rings is 3. The van der Waals surface area contributed by atoms with Crippen LogP contribution >= 0.6 is 0 Å². The molecule has 1 nitrogen and oxygen atoms in total. The van der Waals surface area contributed by atoms with Crippen LogP contribution in [0.1, 0.15) is 49.7 Å². The molecule has 0 aromatic heterocycles. The lowest BCUT2D eigenvalue weighted by Gasteiger charge is -2.57. The number of alkyl halides is 1. The van der Waals surface area contributed by atoms with Gasteiger partial charge in [0.15, 0.2) is 0 Å². The first-order valence-electron chi connectivity index (χ1n) is 11.4. The van der Waals surface area contributed by atoms with Gasteiger partial charge < -0.3 is 4.74 Å². The zero-order valence-electron chi connectivity index (χ0n) is 17.7. The van der Waals surface area contributed by atoms with E-state index >= 15 is 0 Å². The molecule has 0 heterocycles. The number of ether oxygens (including phenoxy) is 1. The predicted molar refractivity (Wildman–Crippen MR) is 121 cm³/mol.